The van der Waals surface area contributed by atoms with Gasteiger partial charge < -0.3 is 15.2 Å². The van der Waals surface area contributed by atoms with Crippen molar-refractivity contribution in [2.24, 2.45) is 5.92 Å². The van der Waals surface area contributed by atoms with Crippen molar-refractivity contribution >= 4 is 21.8 Å². The Morgan fingerprint density at radius 1 is 1.33 bits per heavy atom. The predicted molar refractivity (Wildman–Crippen MR) is 101 cm³/mol. The van der Waals surface area contributed by atoms with Crippen molar-refractivity contribution in [3.8, 4) is 5.69 Å². The SMILES string of the molecule is Cc1cc(C(=O)NC2CCNCC2C)c(C)n1-c1ccccc1Br. The van der Waals surface area contributed by atoms with Crippen LogP contribution in [0.15, 0.2) is 34.8 Å². The minimum absolute atomic E-state index is 0.0279. The van der Waals surface area contributed by atoms with Crippen LogP contribution in [0.1, 0.15) is 35.1 Å². The number of hydrogen-bond donors (Lipinski definition) is 2. The molecule has 4 nitrogen and oxygen atoms in total. The number of amides is 1. The van der Waals surface area contributed by atoms with Crippen LogP contribution in [-0.4, -0.2) is 29.6 Å². The van der Waals surface area contributed by atoms with E-state index in [9.17, 15) is 4.79 Å². The molecule has 1 aliphatic rings. The first kappa shape index (κ1) is 17.2. The van der Waals surface area contributed by atoms with Crippen LogP contribution in [0, 0.1) is 19.8 Å². The maximum Gasteiger partial charge on any atom is 0.253 e. The van der Waals surface area contributed by atoms with E-state index in [1.165, 1.54) is 0 Å². The first-order valence-corrected chi connectivity index (χ1v) is 9.23. The van der Waals surface area contributed by atoms with Crippen molar-refractivity contribution in [1.29, 1.82) is 0 Å². The van der Waals surface area contributed by atoms with E-state index >= 15 is 0 Å². The van der Waals surface area contributed by atoms with Crippen molar-refractivity contribution in [2.75, 3.05) is 13.1 Å². The average Bonchev–Trinajstić information content (AvgIpc) is 2.85. The standard InChI is InChI=1S/C19H24BrN3O/c1-12-11-21-9-8-17(12)22-19(24)15-10-13(2)23(14(15)3)18-7-5-4-6-16(18)20/h4-7,10,12,17,21H,8-9,11H2,1-3H3,(H,22,24). The van der Waals surface area contributed by atoms with Crippen molar-refractivity contribution in [1.82, 2.24) is 15.2 Å². The Bertz CT molecular complexity index is 753. The molecule has 0 aliphatic carbocycles. The van der Waals surface area contributed by atoms with Gasteiger partial charge in [0.15, 0.2) is 0 Å². The van der Waals surface area contributed by atoms with Gasteiger partial charge in [0.2, 0.25) is 0 Å². The van der Waals surface area contributed by atoms with Gasteiger partial charge in [0.1, 0.15) is 0 Å². The molecule has 0 radical (unpaired) electrons. The third-order valence-corrected chi connectivity index (χ3v) is 5.54. The molecule has 0 bridgehead atoms. The van der Waals surface area contributed by atoms with E-state index in [0.29, 0.717) is 5.92 Å². The number of nitrogens with one attached hydrogen (secondary N) is 2. The number of para-hydroxylation sites is 1. The third-order valence-electron chi connectivity index (χ3n) is 4.87. The maximum absolute atomic E-state index is 12.8. The van der Waals surface area contributed by atoms with E-state index in [-0.39, 0.29) is 11.9 Å². The Balaban J connectivity index is 1.88. The number of hydrogen-bond acceptors (Lipinski definition) is 2. The Morgan fingerprint density at radius 2 is 2.08 bits per heavy atom. The molecule has 1 aliphatic heterocycles. The molecule has 0 spiro atoms. The minimum Gasteiger partial charge on any atom is -0.349 e. The average molecular weight is 390 g/mol. The summed E-state index contributed by atoms with van der Waals surface area (Å²) in [5.41, 5.74) is 3.84. The zero-order valence-electron chi connectivity index (χ0n) is 14.4. The van der Waals surface area contributed by atoms with Gasteiger partial charge in [-0.3, -0.25) is 4.79 Å². The molecule has 128 valence electrons. The summed E-state index contributed by atoms with van der Waals surface area (Å²) >= 11 is 3.61. The normalized spacial score (nSPS) is 20.8. The number of benzene rings is 1. The Hall–Kier alpha value is -1.59. The van der Waals surface area contributed by atoms with Crippen LogP contribution in [0.3, 0.4) is 0 Å². The van der Waals surface area contributed by atoms with Crippen molar-refractivity contribution in [2.45, 2.75) is 33.2 Å². The molecule has 2 N–H and O–H groups in total. The van der Waals surface area contributed by atoms with Gasteiger partial charge in [-0.25, -0.2) is 0 Å². The molecular weight excluding hydrogens is 366 g/mol. The quantitative estimate of drug-likeness (QED) is 0.842. The highest BCUT2D eigenvalue weighted by Gasteiger charge is 2.25. The monoisotopic (exact) mass is 389 g/mol. The summed E-state index contributed by atoms with van der Waals surface area (Å²) in [6, 6.07) is 10.3. The number of aryl methyl sites for hydroxylation is 1. The van der Waals surface area contributed by atoms with E-state index < -0.39 is 0 Å². The Morgan fingerprint density at radius 3 is 2.79 bits per heavy atom. The summed E-state index contributed by atoms with van der Waals surface area (Å²) in [4.78, 5) is 12.8. The number of carbonyl (C=O) groups is 1. The van der Waals surface area contributed by atoms with Crippen LogP contribution in [0.4, 0.5) is 0 Å². The lowest BCUT2D eigenvalue weighted by Crippen LogP contribution is -2.48. The van der Waals surface area contributed by atoms with Gasteiger partial charge in [-0.05, 0) is 73.4 Å². The molecule has 3 rings (SSSR count). The lowest BCUT2D eigenvalue weighted by atomic mass is 9.95. The van der Waals surface area contributed by atoms with E-state index in [0.717, 1.165) is 46.6 Å². The first-order chi connectivity index (χ1) is 11.5. The summed E-state index contributed by atoms with van der Waals surface area (Å²) in [5.74, 6) is 0.481. The lowest BCUT2D eigenvalue weighted by molar-refractivity contribution is 0.0913. The third kappa shape index (κ3) is 3.28. The van der Waals surface area contributed by atoms with Crippen LogP contribution in [-0.2, 0) is 0 Å². The van der Waals surface area contributed by atoms with E-state index in [1.807, 2.05) is 38.1 Å². The summed E-state index contributed by atoms with van der Waals surface area (Å²) in [6.07, 6.45) is 0.982. The zero-order valence-corrected chi connectivity index (χ0v) is 16.0. The summed E-state index contributed by atoms with van der Waals surface area (Å²) in [6.45, 7) is 8.15. The highest BCUT2D eigenvalue weighted by molar-refractivity contribution is 9.10. The van der Waals surface area contributed by atoms with Crippen LogP contribution in [0.25, 0.3) is 5.69 Å². The Labute approximate surface area is 151 Å². The van der Waals surface area contributed by atoms with Crippen molar-refractivity contribution < 1.29 is 4.79 Å². The highest BCUT2D eigenvalue weighted by Crippen LogP contribution is 2.27. The van der Waals surface area contributed by atoms with Gasteiger partial charge in [-0.15, -0.1) is 0 Å². The molecule has 1 saturated heterocycles. The van der Waals surface area contributed by atoms with Gasteiger partial charge in [-0.2, -0.15) is 0 Å². The molecular formula is C19H24BrN3O. The summed E-state index contributed by atoms with van der Waals surface area (Å²) in [5, 5.41) is 6.60. The second kappa shape index (κ2) is 7.11. The van der Waals surface area contributed by atoms with E-state index in [2.05, 4.69) is 44.1 Å². The zero-order chi connectivity index (χ0) is 17.3. The van der Waals surface area contributed by atoms with Gasteiger partial charge in [0.25, 0.3) is 5.91 Å². The molecule has 5 heteroatoms. The van der Waals surface area contributed by atoms with Crippen LogP contribution >= 0.6 is 15.9 Å². The molecule has 1 amide bonds. The largest absolute Gasteiger partial charge is 0.349 e. The molecule has 1 aromatic carbocycles. The molecule has 2 atom stereocenters. The second-order valence-electron chi connectivity index (χ2n) is 6.62. The Kier molecular flexibility index (Phi) is 5.11. The topological polar surface area (TPSA) is 46.1 Å². The molecule has 0 saturated carbocycles. The fourth-order valence-electron chi connectivity index (χ4n) is 3.47. The minimum atomic E-state index is 0.0279. The maximum atomic E-state index is 12.8. The number of rotatable bonds is 3. The molecule has 2 aromatic rings. The molecule has 1 fully saturated rings. The smallest absolute Gasteiger partial charge is 0.253 e. The predicted octanol–water partition coefficient (Wildman–Crippen LogP) is 3.58. The molecule has 2 unspecified atom stereocenters. The molecule has 2 heterocycles. The first-order valence-electron chi connectivity index (χ1n) is 8.44. The fraction of sp³-hybridized carbons (Fsp3) is 0.421. The van der Waals surface area contributed by atoms with Crippen molar-refractivity contribution in [3.63, 3.8) is 0 Å². The lowest BCUT2D eigenvalue weighted by Gasteiger charge is -2.30. The number of piperidine rings is 1. The van der Waals surface area contributed by atoms with E-state index in [1.54, 1.807) is 0 Å². The van der Waals surface area contributed by atoms with Gasteiger partial charge in [-0.1, -0.05) is 19.1 Å². The van der Waals surface area contributed by atoms with E-state index in [4.69, 9.17) is 0 Å². The van der Waals surface area contributed by atoms with Crippen LogP contribution < -0.4 is 10.6 Å². The summed E-state index contributed by atoms with van der Waals surface area (Å²) in [7, 11) is 0. The van der Waals surface area contributed by atoms with Crippen LogP contribution in [0.5, 0.6) is 0 Å². The number of halogens is 1. The second-order valence-corrected chi connectivity index (χ2v) is 7.48. The fourth-order valence-corrected chi connectivity index (χ4v) is 3.93. The number of aromatic nitrogens is 1. The molecule has 1 aromatic heterocycles. The van der Waals surface area contributed by atoms with Crippen LogP contribution in [0.2, 0.25) is 0 Å². The highest BCUT2D eigenvalue weighted by atomic mass is 79.9. The number of carbonyl (C=O) groups excluding carboxylic acids is 1. The summed E-state index contributed by atoms with van der Waals surface area (Å²) < 4.78 is 3.15. The number of nitrogens with zero attached hydrogens (tertiary/aromatic N) is 1. The van der Waals surface area contributed by atoms with Gasteiger partial charge in [0, 0.05) is 21.9 Å². The molecule has 24 heavy (non-hydrogen) atoms. The van der Waals surface area contributed by atoms with Crippen molar-refractivity contribution in [3.05, 3.63) is 51.8 Å². The van der Waals surface area contributed by atoms with Gasteiger partial charge in [0.05, 0.1) is 11.3 Å². The van der Waals surface area contributed by atoms with Gasteiger partial charge >= 0.3 is 0 Å².